The molecule has 1 aliphatic rings. The van der Waals surface area contributed by atoms with Gasteiger partial charge in [-0.3, -0.25) is 4.79 Å². The number of benzene rings is 2. The van der Waals surface area contributed by atoms with Crippen LogP contribution in [0.3, 0.4) is 0 Å². The molecule has 0 spiro atoms. The second-order valence-corrected chi connectivity index (χ2v) is 8.41. The number of aliphatic hydroxyl groups is 2. The van der Waals surface area contributed by atoms with Crippen molar-refractivity contribution in [1.29, 1.82) is 0 Å². The number of ether oxygens (including phenoxy) is 1. The van der Waals surface area contributed by atoms with Crippen LogP contribution < -0.4 is 4.74 Å². The molecule has 0 unspecified atom stereocenters. The third kappa shape index (κ3) is 3.05. The second-order valence-electron chi connectivity index (χ2n) is 8.41. The van der Waals surface area contributed by atoms with Crippen molar-refractivity contribution in [3.05, 3.63) is 71.3 Å². The zero-order valence-corrected chi connectivity index (χ0v) is 17.3. The van der Waals surface area contributed by atoms with Gasteiger partial charge in [0.25, 0.3) is 0 Å². The molecule has 1 atom stereocenters. The Hall–Kier alpha value is -3.42. The van der Waals surface area contributed by atoms with Gasteiger partial charge in [0.15, 0.2) is 5.78 Å². The first-order valence-corrected chi connectivity index (χ1v) is 10.2. The van der Waals surface area contributed by atoms with E-state index >= 15 is 0 Å². The lowest BCUT2D eigenvalue weighted by Crippen LogP contribution is -2.30. The van der Waals surface area contributed by atoms with Gasteiger partial charge in [-0.15, -0.1) is 0 Å². The van der Waals surface area contributed by atoms with Crippen LogP contribution in [0.15, 0.2) is 48.9 Å². The van der Waals surface area contributed by atoms with E-state index in [4.69, 9.17) is 9.84 Å². The highest BCUT2D eigenvalue weighted by Crippen LogP contribution is 2.45. The summed E-state index contributed by atoms with van der Waals surface area (Å²) in [7, 11) is 0. The molecule has 2 heterocycles. The average Bonchev–Trinajstić information content (AvgIpc) is 3.44. The molecule has 7 heteroatoms. The Balaban J connectivity index is 1.60. The van der Waals surface area contributed by atoms with E-state index in [2.05, 4.69) is 28.8 Å². The van der Waals surface area contributed by atoms with Crippen molar-refractivity contribution in [2.75, 3.05) is 13.2 Å². The van der Waals surface area contributed by atoms with E-state index in [-0.39, 0.29) is 19.0 Å². The van der Waals surface area contributed by atoms with Crippen LogP contribution in [-0.4, -0.2) is 50.3 Å². The topological polar surface area (TPSA) is 111 Å². The number of aliphatic hydroxyl groups excluding tert-OH is 2. The number of H-pyrrole nitrogens is 2. The number of hydrogen-bond acceptors (Lipinski definition) is 5. The maximum absolute atomic E-state index is 13.5. The lowest BCUT2D eigenvalue weighted by molar-refractivity contribution is 0.0535. The van der Waals surface area contributed by atoms with Gasteiger partial charge >= 0.3 is 0 Å². The van der Waals surface area contributed by atoms with Gasteiger partial charge in [0.1, 0.15) is 18.5 Å². The summed E-state index contributed by atoms with van der Waals surface area (Å²) in [5.41, 5.74) is 5.42. The zero-order valence-electron chi connectivity index (χ0n) is 17.3. The van der Waals surface area contributed by atoms with Crippen molar-refractivity contribution in [2.24, 2.45) is 0 Å². The molecule has 1 aliphatic carbocycles. The Morgan fingerprint density at radius 2 is 2.03 bits per heavy atom. The van der Waals surface area contributed by atoms with Crippen LogP contribution in [0.25, 0.3) is 22.2 Å². The predicted octanol–water partition coefficient (Wildman–Crippen LogP) is 3.16. The molecule has 0 radical (unpaired) electrons. The van der Waals surface area contributed by atoms with E-state index in [1.54, 1.807) is 24.7 Å². The minimum absolute atomic E-state index is 0.0162. The van der Waals surface area contributed by atoms with Gasteiger partial charge in [-0.2, -0.15) is 0 Å². The Morgan fingerprint density at radius 1 is 1.19 bits per heavy atom. The van der Waals surface area contributed by atoms with E-state index < -0.39 is 11.5 Å². The number of rotatable bonds is 5. The fourth-order valence-corrected chi connectivity index (χ4v) is 4.33. The Bertz CT molecular complexity index is 1290. The molecule has 4 aromatic rings. The summed E-state index contributed by atoms with van der Waals surface area (Å²) in [6, 6.07) is 11.4. The number of carbonyl (C=O) groups is 1. The minimum Gasteiger partial charge on any atom is -0.491 e. The Labute approximate surface area is 178 Å². The highest BCUT2D eigenvalue weighted by Gasteiger charge is 2.39. The second kappa shape index (κ2) is 7.08. The van der Waals surface area contributed by atoms with E-state index in [1.165, 1.54) is 0 Å². The normalized spacial score (nSPS) is 15.5. The van der Waals surface area contributed by atoms with Crippen LogP contribution in [0.4, 0.5) is 0 Å². The first-order chi connectivity index (χ1) is 14.9. The van der Waals surface area contributed by atoms with Gasteiger partial charge in [-0.05, 0) is 29.8 Å². The first kappa shape index (κ1) is 19.5. The van der Waals surface area contributed by atoms with Crippen LogP contribution >= 0.6 is 0 Å². The summed E-state index contributed by atoms with van der Waals surface area (Å²) in [4.78, 5) is 24.1. The number of aromatic nitrogens is 3. The Kier molecular flexibility index (Phi) is 4.46. The van der Waals surface area contributed by atoms with Crippen molar-refractivity contribution in [1.82, 2.24) is 15.0 Å². The lowest BCUT2D eigenvalue weighted by Gasteiger charge is -2.32. The van der Waals surface area contributed by atoms with Crippen molar-refractivity contribution >= 4 is 16.7 Å². The van der Waals surface area contributed by atoms with Crippen LogP contribution in [0.1, 0.15) is 41.0 Å². The largest absolute Gasteiger partial charge is 0.491 e. The van der Waals surface area contributed by atoms with E-state index in [0.717, 1.165) is 33.4 Å². The van der Waals surface area contributed by atoms with E-state index in [9.17, 15) is 9.90 Å². The molecule has 0 bridgehead atoms. The third-order valence-corrected chi connectivity index (χ3v) is 6.02. The zero-order chi connectivity index (χ0) is 21.8. The van der Waals surface area contributed by atoms with Crippen molar-refractivity contribution in [3.8, 4) is 17.0 Å². The third-order valence-electron chi connectivity index (χ3n) is 6.02. The van der Waals surface area contributed by atoms with Crippen LogP contribution in [0.2, 0.25) is 0 Å². The number of imidazole rings is 1. The lowest BCUT2D eigenvalue weighted by atomic mass is 9.71. The molecule has 4 N–H and O–H groups in total. The monoisotopic (exact) mass is 417 g/mol. The molecular formula is C24H23N3O4. The molecule has 0 saturated heterocycles. The number of ketones is 1. The molecule has 0 fully saturated rings. The SMILES string of the molecule is CC1(C)c2cc(OC[C@H](O)CO)ccc2C(=O)c2c1[nH]c1cc(-c3cnc[nH]3)ccc21. The highest BCUT2D eigenvalue weighted by molar-refractivity contribution is 6.20. The standard InChI is InChI=1S/C24H23N3O4/c1-24(2)18-8-15(31-11-14(29)10-28)4-6-16(18)22(30)21-17-5-3-13(20-9-25-12-26-20)7-19(17)27-23(21)24/h3-9,12,14,27-29H,10-11H2,1-2H3,(H,25,26)/t14-/m1/s1. The molecule has 2 aromatic carbocycles. The van der Waals surface area contributed by atoms with Crippen molar-refractivity contribution in [2.45, 2.75) is 25.4 Å². The van der Waals surface area contributed by atoms with Gasteiger partial charge in [0.05, 0.1) is 30.4 Å². The number of nitrogens with one attached hydrogen (secondary N) is 2. The first-order valence-electron chi connectivity index (χ1n) is 10.2. The smallest absolute Gasteiger partial charge is 0.195 e. The summed E-state index contributed by atoms with van der Waals surface area (Å²) >= 11 is 0. The van der Waals surface area contributed by atoms with Crippen LogP contribution in [-0.2, 0) is 5.41 Å². The van der Waals surface area contributed by atoms with Gasteiger partial charge in [0, 0.05) is 33.1 Å². The van der Waals surface area contributed by atoms with Gasteiger partial charge < -0.3 is 24.9 Å². The fraction of sp³-hybridized carbons (Fsp3) is 0.250. The Morgan fingerprint density at radius 3 is 2.77 bits per heavy atom. The average molecular weight is 417 g/mol. The number of fused-ring (bicyclic) bond motifs is 4. The predicted molar refractivity (Wildman–Crippen MR) is 116 cm³/mol. The summed E-state index contributed by atoms with van der Waals surface area (Å²) in [6.07, 6.45) is 2.46. The van der Waals surface area contributed by atoms with Crippen molar-refractivity contribution in [3.63, 3.8) is 0 Å². The van der Waals surface area contributed by atoms with Gasteiger partial charge in [-0.25, -0.2) is 4.98 Å². The molecule has 7 nitrogen and oxygen atoms in total. The molecule has 0 aliphatic heterocycles. The molecule has 0 amide bonds. The molecule has 31 heavy (non-hydrogen) atoms. The fourth-order valence-electron chi connectivity index (χ4n) is 4.33. The summed E-state index contributed by atoms with van der Waals surface area (Å²) < 4.78 is 5.62. The maximum Gasteiger partial charge on any atom is 0.195 e. The highest BCUT2D eigenvalue weighted by atomic mass is 16.5. The molecular weight excluding hydrogens is 394 g/mol. The van der Waals surface area contributed by atoms with E-state index in [1.807, 2.05) is 24.3 Å². The number of aromatic amines is 2. The van der Waals surface area contributed by atoms with Gasteiger partial charge in [-0.1, -0.05) is 26.0 Å². The van der Waals surface area contributed by atoms with E-state index in [0.29, 0.717) is 16.9 Å². The van der Waals surface area contributed by atoms with Crippen LogP contribution in [0.5, 0.6) is 5.75 Å². The summed E-state index contributed by atoms with van der Waals surface area (Å²) in [6.45, 7) is 3.77. The minimum atomic E-state index is -0.949. The maximum atomic E-state index is 13.5. The molecule has 2 aromatic heterocycles. The summed E-state index contributed by atoms with van der Waals surface area (Å²) in [5, 5.41) is 19.5. The number of carbonyl (C=O) groups excluding carboxylic acids is 1. The number of nitrogens with zero attached hydrogens (tertiary/aromatic N) is 1. The summed E-state index contributed by atoms with van der Waals surface area (Å²) in [5.74, 6) is 0.528. The quantitative estimate of drug-likeness (QED) is 0.399. The molecule has 5 rings (SSSR count). The molecule has 0 saturated carbocycles. The van der Waals surface area contributed by atoms with Gasteiger partial charge in [0.2, 0.25) is 0 Å². The van der Waals surface area contributed by atoms with Crippen molar-refractivity contribution < 1.29 is 19.7 Å². The van der Waals surface area contributed by atoms with Crippen LogP contribution in [0, 0.1) is 0 Å². The molecule has 158 valence electrons. The number of hydrogen-bond donors (Lipinski definition) is 4.